The van der Waals surface area contributed by atoms with Gasteiger partial charge in [0.25, 0.3) is 0 Å². The Morgan fingerprint density at radius 2 is 2.10 bits per heavy atom. The number of halogens is 1. The second-order valence-electron chi connectivity index (χ2n) is 5.36. The molecule has 2 unspecified atom stereocenters. The molecule has 0 radical (unpaired) electrons. The third-order valence-electron chi connectivity index (χ3n) is 3.78. The average Bonchev–Trinajstić information content (AvgIpc) is 3.11. The Morgan fingerprint density at radius 1 is 1.40 bits per heavy atom. The molecular weight excluding hydrogens is 340 g/mol. The van der Waals surface area contributed by atoms with Gasteiger partial charge in [0, 0.05) is 17.1 Å². The lowest BCUT2D eigenvalue weighted by atomic mass is 10.1. The van der Waals surface area contributed by atoms with Crippen LogP contribution in [0, 0.1) is 12.8 Å². The van der Waals surface area contributed by atoms with Crippen molar-refractivity contribution in [1.29, 1.82) is 0 Å². The molecule has 0 saturated heterocycles. The van der Waals surface area contributed by atoms with Gasteiger partial charge < -0.3 is 5.32 Å². The SMILES string of the molecule is CCC1CC1NS(=O)(=O)c1cc(CNC)cc(Br)c1C. The van der Waals surface area contributed by atoms with Gasteiger partial charge in [0.1, 0.15) is 0 Å². The van der Waals surface area contributed by atoms with Crippen molar-refractivity contribution in [3.8, 4) is 0 Å². The maximum Gasteiger partial charge on any atom is 0.241 e. The summed E-state index contributed by atoms with van der Waals surface area (Å²) in [6.45, 7) is 4.56. The molecule has 20 heavy (non-hydrogen) atoms. The van der Waals surface area contributed by atoms with E-state index >= 15 is 0 Å². The van der Waals surface area contributed by atoms with Crippen molar-refractivity contribution in [3.63, 3.8) is 0 Å². The summed E-state index contributed by atoms with van der Waals surface area (Å²) in [5, 5.41) is 3.04. The first-order valence-electron chi connectivity index (χ1n) is 6.85. The summed E-state index contributed by atoms with van der Waals surface area (Å²) in [7, 11) is -1.60. The summed E-state index contributed by atoms with van der Waals surface area (Å²) in [6.07, 6.45) is 1.97. The van der Waals surface area contributed by atoms with E-state index in [1.165, 1.54) is 0 Å². The zero-order valence-electron chi connectivity index (χ0n) is 12.0. The second kappa shape index (κ2) is 6.13. The van der Waals surface area contributed by atoms with Crippen LogP contribution in [0.25, 0.3) is 0 Å². The fraction of sp³-hybridized carbons (Fsp3) is 0.571. The quantitative estimate of drug-likeness (QED) is 0.819. The molecule has 0 amide bonds. The van der Waals surface area contributed by atoms with Gasteiger partial charge in [-0.15, -0.1) is 0 Å². The summed E-state index contributed by atoms with van der Waals surface area (Å²) in [5.74, 6) is 0.494. The molecule has 1 aliphatic carbocycles. The Morgan fingerprint density at radius 3 is 2.65 bits per heavy atom. The summed E-state index contributed by atoms with van der Waals surface area (Å²) in [4.78, 5) is 0.374. The highest BCUT2D eigenvalue weighted by Gasteiger charge is 2.39. The number of hydrogen-bond acceptors (Lipinski definition) is 3. The van der Waals surface area contributed by atoms with E-state index in [0.29, 0.717) is 17.4 Å². The third-order valence-corrected chi connectivity index (χ3v) is 6.22. The molecule has 2 rings (SSSR count). The summed E-state index contributed by atoms with van der Waals surface area (Å²) < 4.78 is 28.7. The van der Waals surface area contributed by atoms with Gasteiger partial charge >= 0.3 is 0 Å². The lowest BCUT2D eigenvalue weighted by Gasteiger charge is -2.13. The minimum atomic E-state index is -3.44. The molecule has 1 aromatic carbocycles. The molecule has 6 heteroatoms. The van der Waals surface area contributed by atoms with E-state index in [4.69, 9.17) is 0 Å². The number of sulfonamides is 1. The Balaban J connectivity index is 2.30. The normalized spacial score (nSPS) is 22.0. The van der Waals surface area contributed by atoms with Crippen LogP contribution >= 0.6 is 15.9 Å². The molecule has 0 aliphatic heterocycles. The fourth-order valence-corrected chi connectivity index (χ4v) is 4.67. The molecular formula is C14H21BrN2O2S. The van der Waals surface area contributed by atoms with Crippen molar-refractivity contribution >= 4 is 26.0 Å². The maximum atomic E-state index is 12.5. The molecule has 1 saturated carbocycles. The summed E-state index contributed by atoms with van der Waals surface area (Å²) >= 11 is 3.45. The monoisotopic (exact) mass is 360 g/mol. The van der Waals surface area contributed by atoms with Crippen molar-refractivity contribution in [2.24, 2.45) is 5.92 Å². The first-order chi connectivity index (χ1) is 9.39. The second-order valence-corrected chi connectivity index (χ2v) is 7.90. The standard InChI is InChI=1S/C14H21BrN2O2S/c1-4-11-7-13(11)17-20(18,19)14-6-10(8-16-3)5-12(15)9(14)2/h5-6,11,13,16-17H,4,7-8H2,1-3H3. The number of rotatable bonds is 6. The first-order valence-corrected chi connectivity index (χ1v) is 9.12. The van der Waals surface area contributed by atoms with E-state index in [0.717, 1.165) is 28.4 Å². The molecule has 2 atom stereocenters. The lowest BCUT2D eigenvalue weighted by Crippen LogP contribution is -2.28. The smallest absolute Gasteiger partial charge is 0.241 e. The molecule has 1 aromatic rings. The minimum absolute atomic E-state index is 0.108. The highest BCUT2D eigenvalue weighted by Crippen LogP contribution is 2.35. The summed E-state index contributed by atoms with van der Waals surface area (Å²) in [5.41, 5.74) is 1.71. The largest absolute Gasteiger partial charge is 0.316 e. The van der Waals surface area contributed by atoms with Crippen LogP contribution in [0.2, 0.25) is 0 Å². The van der Waals surface area contributed by atoms with Crippen LogP contribution < -0.4 is 10.0 Å². The fourth-order valence-electron chi connectivity index (χ4n) is 2.40. The van der Waals surface area contributed by atoms with Gasteiger partial charge in [-0.2, -0.15) is 0 Å². The zero-order chi connectivity index (χ0) is 14.9. The molecule has 0 spiro atoms. The van der Waals surface area contributed by atoms with Crippen molar-refractivity contribution in [2.75, 3.05) is 7.05 Å². The topological polar surface area (TPSA) is 58.2 Å². The Hall–Kier alpha value is -0.430. The maximum absolute atomic E-state index is 12.5. The number of hydrogen-bond donors (Lipinski definition) is 2. The molecule has 1 fully saturated rings. The molecule has 0 bridgehead atoms. The Labute approximate surface area is 129 Å². The van der Waals surface area contributed by atoms with E-state index in [9.17, 15) is 8.42 Å². The van der Waals surface area contributed by atoms with Gasteiger partial charge in [-0.1, -0.05) is 29.3 Å². The van der Waals surface area contributed by atoms with Crippen LogP contribution in [0.4, 0.5) is 0 Å². The van der Waals surface area contributed by atoms with Crippen LogP contribution in [-0.4, -0.2) is 21.5 Å². The molecule has 2 N–H and O–H groups in total. The van der Waals surface area contributed by atoms with E-state index in [2.05, 4.69) is 32.9 Å². The molecule has 1 aliphatic rings. The molecule has 0 aromatic heterocycles. The molecule has 112 valence electrons. The highest BCUT2D eigenvalue weighted by molar-refractivity contribution is 9.10. The van der Waals surface area contributed by atoms with Crippen LogP contribution in [0.5, 0.6) is 0 Å². The van der Waals surface area contributed by atoms with E-state index in [1.54, 1.807) is 6.07 Å². The van der Waals surface area contributed by atoms with E-state index in [1.807, 2.05) is 20.0 Å². The Kier molecular flexibility index (Phi) is 4.89. The van der Waals surface area contributed by atoms with Gasteiger partial charge in [0.2, 0.25) is 10.0 Å². The van der Waals surface area contributed by atoms with Crippen molar-refractivity contribution in [3.05, 3.63) is 27.7 Å². The van der Waals surface area contributed by atoms with Gasteiger partial charge in [0.05, 0.1) is 4.90 Å². The third kappa shape index (κ3) is 3.42. The predicted octanol–water partition coefficient (Wildman–Crippen LogP) is 2.55. The number of benzene rings is 1. The van der Waals surface area contributed by atoms with Gasteiger partial charge in [0.15, 0.2) is 0 Å². The van der Waals surface area contributed by atoms with Gasteiger partial charge in [-0.25, -0.2) is 13.1 Å². The van der Waals surface area contributed by atoms with Crippen LogP contribution in [0.3, 0.4) is 0 Å². The van der Waals surface area contributed by atoms with Gasteiger partial charge in [-0.05, 0) is 49.6 Å². The van der Waals surface area contributed by atoms with Crippen LogP contribution in [0.1, 0.15) is 30.9 Å². The highest BCUT2D eigenvalue weighted by atomic mass is 79.9. The van der Waals surface area contributed by atoms with Crippen molar-refractivity contribution < 1.29 is 8.42 Å². The van der Waals surface area contributed by atoms with Crippen molar-refractivity contribution in [2.45, 2.75) is 44.2 Å². The summed E-state index contributed by atoms with van der Waals surface area (Å²) in [6, 6.07) is 3.81. The first kappa shape index (κ1) is 15.9. The Bertz CT molecular complexity index is 601. The minimum Gasteiger partial charge on any atom is -0.316 e. The predicted molar refractivity (Wildman–Crippen MR) is 84.2 cm³/mol. The molecule has 4 nitrogen and oxygen atoms in total. The van der Waals surface area contributed by atoms with Crippen LogP contribution in [-0.2, 0) is 16.6 Å². The zero-order valence-corrected chi connectivity index (χ0v) is 14.4. The number of nitrogens with one attached hydrogen (secondary N) is 2. The van der Waals surface area contributed by atoms with E-state index < -0.39 is 10.0 Å². The van der Waals surface area contributed by atoms with Gasteiger partial charge in [-0.3, -0.25) is 0 Å². The molecule has 0 heterocycles. The van der Waals surface area contributed by atoms with Crippen LogP contribution in [0.15, 0.2) is 21.5 Å². The lowest BCUT2D eigenvalue weighted by molar-refractivity contribution is 0.575. The van der Waals surface area contributed by atoms with E-state index in [-0.39, 0.29) is 6.04 Å². The average molecular weight is 361 g/mol. The van der Waals surface area contributed by atoms with Crippen molar-refractivity contribution in [1.82, 2.24) is 10.0 Å².